The average molecular weight is 370 g/mol. The summed E-state index contributed by atoms with van der Waals surface area (Å²) in [5, 5.41) is 0. The molecule has 0 spiro atoms. The second kappa shape index (κ2) is 7.46. The number of hydrogen-bond acceptors (Lipinski definition) is 2. The molecule has 4 rings (SSSR count). The van der Waals surface area contributed by atoms with Gasteiger partial charge in [0.15, 0.2) is 0 Å². The van der Waals surface area contributed by atoms with E-state index in [1.165, 1.54) is 48.2 Å². The van der Waals surface area contributed by atoms with E-state index in [9.17, 15) is 0 Å². The Bertz CT molecular complexity index is 813. The highest BCUT2D eigenvalue weighted by Crippen LogP contribution is 2.40. The fourth-order valence-electron chi connectivity index (χ4n) is 3.73. The molecule has 3 heteroatoms. The molecule has 138 valence electrons. The lowest BCUT2D eigenvalue weighted by Crippen LogP contribution is -2.21. The maximum absolute atomic E-state index is 6.29. The van der Waals surface area contributed by atoms with Crippen molar-refractivity contribution in [3.8, 4) is 11.5 Å². The normalized spacial score (nSPS) is 16.7. The van der Waals surface area contributed by atoms with Gasteiger partial charge in [0, 0.05) is 17.7 Å². The predicted molar refractivity (Wildman–Crippen MR) is 112 cm³/mol. The first-order valence-electron chi connectivity index (χ1n) is 9.35. The van der Waals surface area contributed by atoms with Gasteiger partial charge in [-0.2, -0.15) is 0 Å². The van der Waals surface area contributed by atoms with Crippen molar-refractivity contribution in [2.75, 3.05) is 19.6 Å². The van der Waals surface area contributed by atoms with Crippen LogP contribution in [0.2, 0.25) is 0 Å². The molecule has 2 aromatic rings. The van der Waals surface area contributed by atoms with E-state index < -0.39 is 0 Å². The molecule has 2 heterocycles. The molecule has 2 aliphatic heterocycles. The third-order valence-electron chi connectivity index (χ3n) is 5.25. The van der Waals surface area contributed by atoms with Crippen LogP contribution in [0.25, 0.3) is 11.6 Å². The summed E-state index contributed by atoms with van der Waals surface area (Å²) in [6, 6.07) is 15.0. The van der Waals surface area contributed by atoms with E-state index in [0.29, 0.717) is 0 Å². The lowest BCUT2D eigenvalue weighted by molar-refractivity contribution is 0.383. The highest BCUT2D eigenvalue weighted by molar-refractivity contribution is 5.88. The summed E-state index contributed by atoms with van der Waals surface area (Å²) in [6.45, 7) is 10.2. The van der Waals surface area contributed by atoms with Crippen molar-refractivity contribution in [2.45, 2.75) is 39.0 Å². The second-order valence-corrected chi connectivity index (χ2v) is 8.25. The van der Waals surface area contributed by atoms with Gasteiger partial charge in [0.1, 0.15) is 11.5 Å². The first-order valence-corrected chi connectivity index (χ1v) is 9.35. The van der Waals surface area contributed by atoms with Gasteiger partial charge in [-0.05, 0) is 66.8 Å². The Balaban J connectivity index is 0.00000196. The monoisotopic (exact) mass is 369 g/mol. The van der Waals surface area contributed by atoms with Crippen molar-refractivity contribution in [3.63, 3.8) is 0 Å². The fourth-order valence-corrected chi connectivity index (χ4v) is 3.73. The summed E-state index contributed by atoms with van der Waals surface area (Å²) in [4.78, 5) is 2.56. The van der Waals surface area contributed by atoms with Crippen LogP contribution in [-0.4, -0.2) is 24.5 Å². The van der Waals surface area contributed by atoms with Gasteiger partial charge in [-0.15, -0.1) is 12.4 Å². The lowest BCUT2D eigenvalue weighted by Gasteiger charge is -2.23. The molecule has 0 amide bonds. The fraction of sp³-hybridized carbons (Fsp3) is 0.391. The lowest BCUT2D eigenvalue weighted by atomic mass is 9.85. The zero-order valence-corrected chi connectivity index (χ0v) is 16.7. The van der Waals surface area contributed by atoms with Crippen LogP contribution < -0.4 is 4.74 Å². The largest absolute Gasteiger partial charge is 0.456 e. The number of para-hydroxylation sites is 1. The number of fused-ring (bicyclic) bond motifs is 2. The van der Waals surface area contributed by atoms with Crippen LogP contribution in [0.1, 0.15) is 50.3 Å². The van der Waals surface area contributed by atoms with Crippen LogP contribution in [-0.2, 0) is 5.41 Å². The van der Waals surface area contributed by atoms with Crippen LogP contribution in [0.3, 0.4) is 0 Å². The molecule has 0 atom stereocenters. The molecule has 2 nitrogen and oxygen atoms in total. The van der Waals surface area contributed by atoms with E-state index in [2.05, 4.69) is 68.1 Å². The van der Waals surface area contributed by atoms with Gasteiger partial charge in [0.05, 0.1) is 0 Å². The van der Waals surface area contributed by atoms with Crippen LogP contribution in [0.15, 0.2) is 42.5 Å². The number of hydrogen-bond donors (Lipinski definition) is 0. The van der Waals surface area contributed by atoms with E-state index in [0.717, 1.165) is 18.0 Å². The SMILES string of the molecule is CC(C)(C)c1ccc2c(c1)C(CN1CCCC1)=Cc1ccccc1O2.Cl. The van der Waals surface area contributed by atoms with Gasteiger partial charge in [-0.1, -0.05) is 45.0 Å². The quantitative estimate of drug-likeness (QED) is 0.629. The maximum Gasteiger partial charge on any atom is 0.135 e. The van der Waals surface area contributed by atoms with Gasteiger partial charge >= 0.3 is 0 Å². The smallest absolute Gasteiger partial charge is 0.135 e. The van der Waals surface area contributed by atoms with Gasteiger partial charge in [0.2, 0.25) is 0 Å². The highest BCUT2D eigenvalue weighted by atomic mass is 35.5. The number of nitrogens with zero attached hydrogens (tertiary/aromatic N) is 1. The molecule has 0 radical (unpaired) electrons. The average Bonchev–Trinajstić information content (AvgIpc) is 3.02. The summed E-state index contributed by atoms with van der Waals surface area (Å²) in [5.41, 5.74) is 5.27. The summed E-state index contributed by atoms with van der Waals surface area (Å²) in [7, 11) is 0. The van der Waals surface area contributed by atoms with Crippen molar-refractivity contribution in [3.05, 3.63) is 59.2 Å². The first kappa shape index (κ1) is 19.0. The third-order valence-corrected chi connectivity index (χ3v) is 5.25. The summed E-state index contributed by atoms with van der Waals surface area (Å²) in [5.74, 6) is 1.92. The number of likely N-dealkylation sites (tertiary alicyclic amines) is 1. The van der Waals surface area contributed by atoms with Crippen molar-refractivity contribution in [1.82, 2.24) is 4.90 Å². The minimum Gasteiger partial charge on any atom is -0.456 e. The molecule has 1 fully saturated rings. The van der Waals surface area contributed by atoms with Gasteiger partial charge in [-0.25, -0.2) is 0 Å². The number of benzene rings is 2. The maximum atomic E-state index is 6.29. The highest BCUT2D eigenvalue weighted by Gasteiger charge is 2.23. The Morgan fingerprint density at radius 1 is 0.962 bits per heavy atom. The van der Waals surface area contributed by atoms with Crippen LogP contribution >= 0.6 is 12.4 Å². The molecular formula is C23H28ClNO. The predicted octanol–water partition coefficient (Wildman–Crippen LogP) is 6.15. The number of ether oxygens (including phenoxy) is 1. The zero-order valence-electron chi connectivity index (χ0n) is 15.9. The zero-order chi connectivity index (χ0) is 17.4. The molecule has 0 N–H and O–H groups in total. The van der Waals surface area contributed by atoms with Crippen molar-refractivity contribution >= 4 is 24.1 Å². The molecule has 0 aliphatic carbocycles. The standard InChI is InChI=1S/C23H27NO.ClH/c1-23(2,3)19-10-11-22-20(15-19)18(16-24-12-6-7-13-24)14-17-8-4-5-9-21(17)25-22;/h4-5,8-11,14-15H,6-7,12-13,16H2,1-3H3;1H. The van der Waals surface area contributed by atoms with Crippen molar-refractivity contribution in [1.29, 1.82) is 0 Å². The Labute approximate surface area is 163 Å². The Hall–Kier alpha value is -1.77. The van der Waals surface area contributed by atoms with Gasteiger partial charge in [0.25, 0.3) is 0 Å². The molecule has 0 saturated carbocycles. The summed E-state index contributed by atoms with van der Waals surface area (Å²) in [6.07, 6.45) is 4.95. The Morgan fingerprint density at radius 2 is 1.69 bits per heavy atom. The Kier molecular flexibility index (Phi) is 5.45. The molecule has 2 aliphatic rings. The first-order chi connectivity index (χ1) is 12.0. The third kappa shape index (κ3) is 3.82. The molecule has 2 aromatic carbocycles. The van der Waals surface area contributed by atoms with Crippen LogP contribution in [0.4, 0.5) is 0 Å². The Morgan fingerprint density at radius 3 is 2.42 bits per heavy atom. The van der Waals surface area contributed by atoms with E-state index in [1.54, 1.807) is 0 Å². The van der Waals surface area contributed by atoms with Gasteiger partial charge in [-0.3, -0.25) is 4.90 Å². The van der Waals surface area contributed by atoms with Gasteiger partial charge < -0.3 is 4.74 Å². The minimum atomic E-state index is 0. The van der Waals surface area contributed by atoms with E-state index in [1.807, 2.05) is 6.07 Å². The van der Waals surface area contributed by atoms with E-state index >= 15 is 0 Å². The van der Waals surface area contributed by atoms with E-state index in [4.69, 9.17) is 4.74 Å². The molecule has 0 bridgehead atoms. The molecule has 0 aromatic heterocycles. The van der Waals surface area contributed by atoms with Crippen LogP contribution in [0, 0.1) is 0 Å². The van der Waals surface area contributed by atoms with Crippen molar-refractivity contribution in [2.24, 2.45) is 0 Å². The topological polar surface area (TPSA) is 12.5 Å². The number of halogens is 1. The van der Waals surface area contributed by atoms with Crippen LogP contribution in [0.5, 0.6) is 11.5 Å². The summed E-state index contributed by atoms with van der Waals surface area (Å²) >= 11 is 0. The summed E-state index contributed by atoms with van der Waals surface area (Å²) < 4.78 is 6.29. The van der Waals surface area contributed by atoms with Crippen molar-refractivity contribution < 1.29 is 4.74 Å². The number of rotatable bonds is 2. The molecular weight excluding hydrogens is 342 g/mol. The molecule has 1 saturated heterocycles. The minimum absolute atomic E-state index is 0. The molecule has 26 heavy (non-hydrogen) atoms. The molecule has 0 unspecified atom stereocenters. The van der Waals surface area contributed by atoms with E-state index in [-0.39, 0.29) is 17.8 Å². The second-order valence-electron chi connectivity index (χ2n) is 8.25.